The van der Waals surface area contributed by atoms with Gasteiger partial charge in [-0.25, -0.2) is 4.79 Å². The summed E-state index contributed by atoms with van der Waals surface area (Å²) < 4.78 is 95.8. The lowest BCUT2D eigenvalue weighted by atomic mass is 9.33. The molecule has 12 rings (SSSR count). The molecule has 11 aliphatic rings. The second kappa shape index (κ2) is 32.2. The molecule has 6 saturated heterocycles. The van der Waals surface area contributed by atoms with Crippen LogP contribution in [-0.2, 0) is 76.0 Å². The van der Waals surface area contributed by atoms with Crippen LogP contribution in [0.4, 0.5) is 0 Å². The SMILES string of the molecule is COc1cc(/C=C/C(=O)O[C@@H]2[C@H](O)[C@@H](O[C@@H]3O[C@@H](C)[C@H](O[C@@H]4OC[C@@H](O)[C@H](O[C@@H]5OC[C@H](O)[C@H](O)[C@H]5O)[C@H]4O)[C@@H](O[C@@H]4OC[C@](O)(CO)[C@H]4O)[C@H]3O)[C@H](OC(=O)[C@]34CCC(C)(C)C[C@H]3C3=CC[C@@H]5[C@@]6(C)C[C@H](O)[C@H](O[C@@H]7O[C@H](CO)[C@@H](O)[C@H](O)[C@H]7O)[C@@](C)(C(=O)O)[C@@H]6CC[C@@]5(C)[C@]3(C)CC4)O[C@@H]2C)cc(OC)c1OC. The van der Waals surface area contributed by atoms with E-state index in [0.717, 1.165) is 11.6 Å². The van der Waals surface area contributed by atoms with E-state index in [4.69, 9.17) is 75.8 Å². The van der Waals surface area contributed by atoms with Crippen molar-refractivity contribution in [3.05, 3.63) is 35.4 Å². The number of esters is 2. The minimum Gasteiger partial charge on any atom is -0.493 e. The third kappa shape index (κ3) is 14.7. The van der Waals surface area contributed by atoms with Crippen LogP contribution in [0.25, 0.3) is 6.08 Å². The summed E-state index contributed by atoms with van der Waals surface area (Å²) in [5.74, 6) is -3.63. The Balaban J connectivity index is 0.850. The minimum absolute atomic E-state index is 0.0550. The molecule has 5 aliphatic carbocycles. The molecule has 0 spiro atoms. The van der Waals surface area contributed by atoms with Gasteiger partial charge in [-0.05, 0) is 142 Å². The van der Waals surface area contributed by atoms with E-state index < -0.39 is 261 Å². The van der Waals surface area contributed by atoms with Gasteiger partial charge in [-0.1, -0.05) is 46.3 Å². The van der Waals surface area contributed by atoms with E-state index >= 15 is 4.79 Å². The van der Waals surface area contributed by atoms with Gasteiger partial charge in [-0.3, -0.25) is 9.59 Å². The number of rotatable bonds is 21. The topological polar surface area (TPSA) is 523 Å². The van der Waals surface area contributed by atoms with E-state index in [0.29, 0.717) is 50.5 Å². The zero-order valence-electron chi connectivity index (χ0n) is 63.5. The quantitative estimate of drug-likeness (QED) is 0.0272. The van der Waals surface area contributed by atoms with Crippen LogP contribution in [-0.4, -0.2) is 326 Å². The molecule has 0 bridgehead atoms. The lowest BCUT2D eigenvalue weighted by molar-refractivity contribution is -0.388. The molecule has 35 heteroatoms. The van der Waals surface area contributed by atoms with Gasteiger partial charge in [-0.2, -0.15) is 0 Å². The smallest absolute Gasteiger partial charge is 0.331 e. The van der Waals surface area contributed by atoms with E-state index in [1.807, 2.05) is 6.92 Å². The molecular weight excluding hydrogens is 1460 g/mol. The van der Waals surface area contributed by atoms with E-state index in [2.05, 4.69) is 33.8 Å². The van der Waals surface area contributed by atoms with Crippen LogP contribution in [0.1, 0.15) is 119 Å². The van der Waals surface area contributed by atoms with E-state index in [-0.39, 0.29) is 41.4 Å². The van der Waals surface area contributed by atoms with Crippen molar-refractivity contribution in [3.63, 3.8) is 0 Å². The minimum atomic E-state index is -2.29. The first-order chi connectivity index (χ1) is 51.7. The maximum absolute atomic E-state index is 16.2. The summed E-state index contributed by atoms with van der Waals surface area (Å²) in [6.45, 7) is 11.5. The van der Waals surface area contributed by atoms with Gasteiger partial charge >= 0.3 is 17.9 Å². The lowest BCUT2D eigenvalue weighted by Crippen LogP contribution is -2.70. The molecule has 36 atom stereocenters. The number of aliphatic hydroxyl groups excluding tert-OH is 14. The summed E-state index contributed by atoms with van der Waals surface area (Å²) in [5, 5.41) is 179. The zero-order valence-corrected chi connectivity index (χ0v) is 63.5. The molecule has 0 unspecified atom stereocenters. The Labute approximate surface area is 635 Å². The molecule has 1 aromatic rings. The summed E-state index contributed by atoms with van der Waals surface area (Å²) in [6, 6.07) is 3.13. The second-order valence-electron chi connectivity index (χ2n) is 33.8. The summed E-state index contributed by atoms with van der Waals surface area (Å²) in [4.78, 5) is 44.3. The molecule has 10 fully saturated rings. The Hall–Kier alpha value is -4.53. The fraction of sp³-hybridized carbons (Fsp3) is 0.827. The first kappa shape index (κ1) is 84.9. The Morgan fingerprint density at radius 3 is 1.79 bits per heavy atom. The zero-order chi connectivity index (χ0) is 80.2. The van der Waals surface area contributed by atoms with Gasteiger partial charge in [0.05, 0.1) is 83.5 Å². The largest absolute Gasteiger partial charge is 0.493 e. The van der Waals surface area contributed by atoms with Gasteiger partial charge in [0.1, 0.15) is 103 Å². The molecule has 110 heavy (non-hydrogen) atoms. The van der Waals surface area contributed by atoms with Crippen molar-refractivity contribution in [1.82, 2.24) is 0 Å². The summed E-state index contributed by atoms with van der Waals surface area (Å²) in [5.41, 5.74) is -6.51. The molecule has 16 N–H and O–H groups in total. The Bertz CT molecular complexity index is 3460. The molecule has 6 aliphatic heterocycles. The number of allylic oxidation sites excluding steroid dienone is 2. The Morgan fingerprint density at radius 2 is 1.15 bits per heavy atom. The highest BCUT2D eigenvalue weighted by atomic mass is 16.8. The summed E-state index contributed by atoms with van der Waals surface area (Å²) >= 11 is 0. The summed E-state index contributed by atoms with van der Waals surface area (Å²) in [6.07, 6.45) is -39.2. The molecule has 35 nitrogen and oxygen atoms in total. The van der Waals surface area contributed by atoms with Crippen LogP contribution in [0.15, 0.2) is 29.9 Å². The first-order valence-corrected chi connectivity index (χ1v) is 37.8. The van der Waals surface area contributed by atoms with Gasteiger partial charge < -0.3 is 157 Å². The maximum Gasteiger partial charge on any atom is 0.331 e. The monoisotopic (exact) mass is 1570 g/mol. The number of methoxy groups -OCH3 is 3. The number of aliphatic carboxylic acids is 1. The number of hydrogen-bond acceptors (Lipinski definition) is 34. The maximum atomic E-state index is 16.2. The van der Waals surface area contributed by atoms with Gasteiger partial charge in [-0.15, -0.1) is 0 Å². The first-order valence-electron chi connectivity index (χ1n) is 37.8. The molecule has 6 heterocycles. The van der Waals surface area contributed by atoms with E-state index in [9.17, 15) is 91.3 Å². The van der Waals surface area contributed by atoms with Crippen molar-refractivity contribution >= 4 is 24.0 Å². The normalized spacial score (nSPS) is 48.7. The van der Waals surface area contributed by atoms with Crippen molar-refractivity contribution in [3.8, 4) is 17.2 Å². The van der Waals surface area contributed by atoms with Gasteiger partial charge in [0, 0.05) is 6.08 Å². The molecule has 0 radical (unpaired) electrons. The van der Waals surface area contributed by atoms with Crippen LogP contribution in [0.3, 0.4) is 0 Å². The van der Waals surface area contributed by atoms with Crippen molar-refractivity contribution < 1.29 is 172 Å². The number of carboxylic acid groups (broad SMARTS) is 1. The molecule has 0 aromatic heterocycles. The van der Waals surface area contributed by atoms with Gasteiger partial charge in [0.2, 0.25) is 12.0 Å². The third-order valence-corrected chi connectivity index (χ3v) is 26.9. The fourth-order valence-corrected chi connectivity index (χ4v) is 20.3. The highest BCUT2D eigenvalue weighted by Gasteiger charge is 2.73. The van der Waals surface area contributed by atoms with E-state index in [1.165, 1.54) is 48.2 Å². The van der Waals surface area contributed by atoms with Crippen molar-refractivity contribution in [2.45, 2.75) is 285 Å². The lowest BCUT2D eigenvalue weighted by Gasteiger charge is -2.71. The molecule has 4 saturated carbocycles. The van der Waals surface area contributed by atoms with Crippen LogP contribution in [0.5, 0.6) is 17.2 Å². The fourth-order valence-electron chi connectivity index (χ4n) is 20.3. The van der Waals surface area contributed by atoms with Gasteiger partial charge in [0.15, 0.2) is 55.2 Å². The number of carbonyl (C=O) groups excluding carboxylic acids is 2. The molecule has 622 valence electrons. The number of carboxylic acids is 1. The highest BCUT2D eigenvalue weighted by molar-refractivity contribution is 5.87. The van der Waals surface area contributed by atoms with Crippen molar-refractivity contribution in [2.75, 3.05) is 54.4 Å². The number of ether oxygens (including phenoxy) is 16. The summed E-state index contributed by atoms with van der Waals surface area (Å²) in [7, 11) is 4.24. The number of benzene rings is 1. The van der Waals surface area contributed by atoms with Crippen LogP contribution in [0.2, 0.25) is 0 Å². The number of fused-ring (bicyclic) bond motifs is 7. The van der Waals surface area contributed by atoms with Crippen LogP contribution >= 0.6 is 0 Å². The van der Waals surface area contributed by atoms with Crippen LogP contribution < -0.4 is 14.2 Å². The molecule has 1 aromatic carbocycles. The number of aliphatic hydroxyl groups is 15. The Kier molecular flexibility index (Phi) is 24.8. The van der Waals surface area contributed by atoms with E-state index in [1.54, 1.807) is 12.1 Å². The van der Waals surface area contributed by atoms with Crippen molar-refractivity contribution in [2.24, 2.45) is 50.2 Å². The molecule has 0 amide bonds. The predicted molar refractivity (Wildman–Crippen MR) is 370 cm³/mol. The number of hydrogen-bond donors (Lipinski definition) is 16. The number of carbonyl (C=O) groups is 3. The standard InChI is InChI=1S/C75H112O35/c1-31-53(104-44(81)15-12-33-22-39(95-9)56(97-11)40(23-33)96-10)50(87)58(108-64-52(89)57(107-66-59(90)75(94,29-77)30-100-66)54(32(2)101-64)105-62-51(88)55(38(80)28-99-62)106-61-48(85)45(82)37(79)27-98-61)65(102-31)110-68(93)74-20-18-69(3,4)24-35(74)34-13-14-42-70(5)25-36(78)60(109-63-49(86)47(84)46(83)41(26-76)103-63)73(8,67(91)92)43(70)16-17-72(42,7)71(34,6)19-21-74/h12-13,15,22-23,31-32,35-38,41-43,45-55,57-66,76-80,82-90,94H,14,16-21,24-30H2,1-11H3,(H,91,92)/b15-12+/t31-,32+,35+,36+,37+,38-,41-,42-,43-,45+,46-,47+,48-,49-,50+,51-,52-,53+,54+,55+,57+,58-,59+,60+,61+,62+,63+,64+,65+,66+,70-,71-,72-,73+,74+,75-/m1/s1. The third-order valence-electron chi connectivity index (χ3n) is 26.9. The highest BCUT2D eigenvalue weighted by Crippen LogP contribution is 2.76. The van der Waals surface area contributed by atoms with Crippen LogP contribution in [0, 0.1) is 50.2 Å². The molecular formula is C75H112O35. The van der Waals surface area contributed by atoms with Crippen molar-refractivity contribution in [1.29, 1.82) is 0 Å². The average molecular weight is 1570 g/mol. The Morgan fingerprint density at radius 1 is 0.564 bits per heavy atom. The van der Waals surface area contributed by atoms with Gasteiger partial charge in [0.25, 0.3) is 0 Å². The second-order valence-corrected chi connectivity index (χ2v) is 33.8. The average Bonchev–Trinajstić information content (AvgIpc) is 0.731. The predicted octanol–water partition coefficient (Wildman–Crippen LogP) is -2.09.